The van der Waals surface area contributed by atoms with Gasteiger partial charge < -0.3 is 19.9 Å². The van der Waals surface area contributed by atoms with Crippen molar-refractivity contribution in [1.82, 2.24) is 5.32 Å². The highest BCUT2D eigenvalue weighted by atomic mass is 16.5. The summed E-state index contributed by atoms with van der Waals surface area (Å²) in [5.41, 5.74) is 1.20. The van der Waals surface area contributed by atoms with Gasteiger partial charge in [-0.2, -0.15) is 0 Å². The molecule has 1 aromatic carbocycles. The van der Waals surface area contributed by atoms with Crippen LogP contribution in [-0.2, 0) is 6.54 Å². The van der Waals surface area contributed by atoms with Gasteiger partial charge in [-0.25, -0.2) is 0 Å². The molecule has 0 aromatic heterocycles. The van der Waals surface area contributed by atoms with Crippen LogP contribution in [0.1, 0.15) is 38.7 Å². The molecule has 0 fully saturated rings. The van der Waals surface area contributed by atoms with E-state index in [-0.39, 0.29) is 6.61 Å². The van der Waals surface area contributed by atoms with Gasteiger partial charge in [-0.1, -0.05) is 19.9 Å². The number of hydrogen-bond donors (Lipinski definition) is 2. The first-order valence-corrected chi connectivity index (χ1v) is 7.78. The molecule has 0 spiro atoms. The van der Waals surface area contributed by atoms with Gasteiger partial charge in [-0.3, -0.25) is 0 Å². The summed E-state index contributed by atoms with van der Waals surface area (Å²) in [5.74, 6) is 2.21. The van der Waals surface area contributed by atoms with Gasteiger partial charge in [0.2, 0.25) is 0 Å². The minimum Gasteiger partial charge on any atom is -0.493 e. The van der Waals surface area contributed by atoms with Gasteiger partial charge in [0.15, 0.2) is 11.5 Å². The lowest BCUT2D eigenvalue weighted by Crippen LogP contribution is -2.18. The quantitative estimate of drug-likeness (QED) is 0.616. The van der Waals surface area contributed by atoms with Crippen molar-refractivity contribution in [2.75, 3.05) is 26.9 Å². The Morgan fingerprint density at radius 3 is 2.62 bits per heavy atom. The highest BCUT2D eigenvalue weighted by Crippen LogP contribution is 2.28. The molecule has 2 N–H and O–H groups in total. The van der Waals surface area contributed by atoms with Gasteiger partial charge in [-0.05, 0) is 49.4 Å². The number of unbranched alkanes of at least 4 members (excludes halogenated alkanes) is 2. The number of benzene rings is 1. The molecule has 0 unspecified atom stereocenters. The van der Waals surface area contributed by atoms with Crippen molar-refractivity contribution in [3.05, 3.63) is 23.8 Å². The smallest absolute Gasteiger partial charge is 0.161 e. The zero-order valence-electron chi connectivity index (χ0n) is 13.5. The Balaban J connectivity index is 2.50. The lowest BCUT2D eigenvalue weighted by molar-refractivity contribution is 0.260. The molecule has 0 aliphatic heterocycles. The number of ether oxygens (including phenoxy) is 2. The summed E-state index contributed by atoms with van der Waals surface area (Å²) in [4.78, 5) is 0. The van der Waals surface area contributed by atoms with Crippen molar-refractivity contribution in [1.29, 1.82) is 0 Å². The zero-order chi connectivity index (χ0) is 15.5. The van der Waals surface area contributed by atoms with E-state index in [1.165, 1.54) is 5.56 Å². The van der Waals surface area contributed by atoms with E-state index in [0.717, 1.165) is 43.9 Å². The first-order valence-electron chi connectivity index (χ1n) is 7.78. The van der Waals surface area contributed by atoms with Crippen LogP contribution in [0.4, 0.5) is 0 Å². The molecule has 0 saturated carbocycles. The summed E-state index contributed by atoms with van der Waals surface area (Å²) in [6.07, 6.45) is 2.76. The van der Waals surface area contributed by atoms with Gasteiger partial charge in [0.05, 0.1) is 13.7 Å². The number of nitrogens with one attached hydrogen (secondary N) is 1. The molecule has 21 heavy (non-hydrogen) atoms. The maximum atomic E-state index is 8.75. The van der Waals surface area contributed by atoms with E-state index in [0.29, 0.717) is 12.5 Å². The Labute approximate surface area is 128 Å². The lowest BCUT2D eigenvalue weighted by atomic mass is 10.1. The monoisotopic (exact) mass is 295 g/mol. The molecule has 4 nitrogen and oxygen atoms in total. The van der Waals surface area contributed by atoms with Gasteiger partial charge in [0.25, 0.3) is 0 Å². The average Bonchev–Trinajstić information content (AvgIpc) is 2.47. The fraction of sp³-hybridized carbons (Fsp3) is 0.647. The van der Waals surface area contributed by atoms with Gasteiger partial charge >= 0.3 is 0 Å². The first kappa shape index (κ1) is 17.8. The molecule has 120 valence electrons. The van der Waals surface area contributed by atoms with Crippen LogP contribution in [0, 0.1) is 5.92 Å². The van der Waals surface area contributed by atoms with Crippen LogP contribution in [0.3, 0.4) is 0 Å². The summed E-state index contributed by atoms with van der Waals surface area (Å²) >= 11 is 0. The average molecular weight is 295 g/mol. The van der Waals surface area contributed by atoms with Crippen LogP contribution in [0.25, 0.3) is 0 Å². The highest BCUT2D eigenvalue weighted by Gasteiger charge is 2.06. The predicted molar refractivity (Wildman–Crippen MR) is 86.0 cm³/mol. The predicted octanol–water partition coefficient (Wildman–Crippen LogP) is 2.98. The second-order valence-corrected chi connectivity index (χ2v) is 5.64. The van der Waals surface area contributed by atoms with E-state index in [4.69, 9.17) is 14.6 Å². The zero-order valence-corrected chi connectivity index (χ0v) is 13.5. The number of rotatable bonds is 11. The number of methoxy groups -OCH3 is 1. The molecule has 0 bridgehead atoms. The standard InChI is InChI=1S/C17H29NO3/c1-14(2)12-18-13-15-7-8-16(20-3)17(11-15)21-10-6-4-5-9-19/h7-8,11,14,18-19H,4-6,9-10,12-13H2,1-3H3. The van der Waals surface area contributed by atoms with E-state index in [2.05, 4.69) is 25.2 Å². The van der Waals surface area contributed by atoms with Crippen molar-refractivity contribution in [3.63, 3.8) is 0 Å². The van der Waals surface area contributed by atoms with E-state index >= 15 is 0 Å². The molecular formula is C17H29NO3. The maximum Gasteiger partial charge on any atom is 0.161 e. The molecule has 0 aliphatic rings. The molecular weight excluding hydrogens is 266 g/mol. The molecule has 0 aliphatic carbocycles. The van der Waals surface area contributed by atoms with Crippen LogP contribution in [0.5, 0.6) is 11.5 Å². The maximum absolute atomic E-state index is 8.75. The van der Waals surface area contributed by atoms with Gasteiger partial charge in [-0.15, -0.1) is 0 Å². The largest absolute Gasteiger partial charge is 0.493 e. The van der Waals surface area contributed by atoms with Crippen molar-refractivity contribution in [3.8, 4) is 11.5 Å². The summed E-state index contributed by atoms with van der Waals surface area (Å²) in [6, 6.07) is 6.05. The third kappa shape index (κ3) is 7.34. The Hall–Kier alpha value is -1.26. The van der Waals surface area contributed by atoms with E-state index in [1.54, 1.807) is 7.11 Å². The second kappa shape index (κ2) is 10.5. The van der Waals surface area contributed by atoms with Crippen LogP contribution >= 0.6 is 0 Å². The second-order valence-electron chi connectivity index (χ2n) is 5.64. The first-order chi connectivity index (χ1) is 10.2. The van der Waals surface area contributed by atoms with Crippen LogP contribution in [-0.4, -0.2) is 32.0 Å². The fourth-order valence-corrected chi connectivity index (χ4v) is 2.02. The normalized spacial score (nSPS) is 10.9. The van der Waals surface area contributed by atoms with E-state index in [1.807, 2.05) is 12.1 Å². The minimum absolute atomic E-state index is 0.250. The molecule has 0 radical (unpaired) electrons. The minimum atomic E-state index is 0.250. The Morgan fingerprint density at radius 1 is 1.14 bits per heavy atom. The van der Waals surface area contributed by atoms with Crippen LogP contribution in [0.2, 0.25) is 0 Å². The van der Waals surface area contributed by atoms with Crippen LogP contribution in [0.15, 0.2) is 18.2 Å². The molecule has 0 amide bonds. The third-order valence-electron chi connectivity index (χ3n) is 3.17. The highest BCUT2D eigenvalue weighted by molar-refractivity contribution is 5.42. The Kier molecular flexibility index (Phi) is 8.87. The number of aliphatic hydroxyl groups is 1. The fourth-order valence-electron chi connectivity index (χ4n) is 2.02. The van der Waals surface area contributed by atoms with Crippen molar-refractivity contribution in [2.24, 2.45) is 5.92 Å². The summed E-state index contributed by atoms with van der Waals surface area (Å²) in [7, 11) is 1.66. The number of hydrogen-bond acceptors (Lipinski definition) is 4. The van der Waals surface area contributed by atoms with Crippen molar-refractivity contribution < 1.29 is 14.6 Å². The van der Waals surface area contributed by atoms with Crippen molar-refractivity contribution in [2.45, 2.75) is 39.7 Å². The summed E-state index contributed by atoms with van der Waals surface area (Å²) in [5, 5.41) is 12.2. The van der Waals surface area contributed by atoms with Crippen molar-refractivity contribution >= 4 is 0 Å². The lowest BCUT2D eigenvalue weighted by Gasteiger charge is -2.13. The summed E-state index contributed by atoms with van der Waals surface area (Å²) in [6.45, 7) is 7.13. The van der Waals surface area contributed by atoms with Crippen LogP contribution < -0.4 is 14.8 Å². The molecule has 1 rings (SSSR count). The van der Waals surface area contributed by atoms with E-state index in [9.17, 15) is 0 Å². The van der Waals surface area contributed by atoms with Gasteiger partial charge in [0.1, 0.15) is 0 Å². The molecule has 0 heterocycles. The Morgan fingerprint density at radius 2 is 1.95 bits per heavy atom. The Bertz CT molecular complexity index is 394. The molecule has 0 saturated heterocycles. The third-order valence-corrected chi connectivity index (χ3v) is 3.17. The SMILES string of the molecule is COc1ccc(CNCC(C)C)cc1OCCCCCO. The summed E-state index contributed by atoms with van der Waals surface area (Å²) < 4.78 is 11.1. The molecule has 4 heteroatoms. The molecule has 0 atom stereocenters. The topological polar surface area (TPSA) is 50.7 Å². The van der Waals surface area contributed by atoms with E-state index < -0.39 is 0 Å². The number of aliphatic hydroxyl groups excluding tert-OH is 1. The molecule has 1 aromatic rings. The van der Waals surface area contributed by atoms with Gasteiger partial charge in [0, 0.05) is 13.2 Å².